The summed E-state index contributed by atoms with van der Waals surface area (Å²) in [6.45, 7) is 16.5. The number of rotatable bonds is 26. The van der Waals surface area contributed by atoms with Gasteiger partial charge in [-0.25, -0.2) is 9.59 Å². The van der Waals surface area contributed by atoms with E-state index in [-0.39, 0.29) is 50.8 Å². The average Bonchev–Trinajstić information content (AvgIpc) is 3.55. The molecule has 326 valence electrons. The van der Waals surface area contributed by atoms with E-state index in [0.29, 0.717) is 39.6 Å². The fraction of sp³-hybridized carbons (Fsp3) is 0.388. The van der Waals surface area contributed by atoms with Crippen molar-refractivity contribution in [3.63, 3.8) is 0 Å². The fourth-order valence-electron chi connectivity index (χ4n) is 7.10. The molecule has 0 heterocycles. The number of hydrogen-bond donors (Lipinski definition) is 2. The van der Waals surface area contributed by atoms with Crippen molar-refractivity contribution in [2.24, 2.45) is 0 Å². The highest BCUT2D eigenvalue weighted by molar-refractivity contribution is 5.88. The molecule has 12 heteroatoms. The van der Waals surface area contributed by atoms with Gasteiger partial charge in [-0.15, -0.1) is 0 Å². The molecule has 1 aliphatic carbocycles. The molecule has 4 aromatic carbocycles. The molecular weight excluding hydrogens is 781 g/mol. The standard InChI is InChI=1S/C49H58O12/c1-33(2)47(52)60-31-39(50)29-56-21-19-54-23-25-58-45-17-15-37(27-35(45)5)49(43-13-9-7-11-41(43)42-12-8-10-14-44(42)49)38-16-18-46(36(6)28-38)59-26-24-55-20-22-57-30-40(51)32-61-48(53)34(3)4/h7-18,27-28,39-40,50-51H,1,3,19-26,29-32H2,2,4-6H3. The van der Waals surface area contributed by atoms with E-state index >= 15 is 0 Å². The van der Waals surface area contributed by atoms with Gasteiger partial charge in [0, 0.05) is 11.1 Å². The largest absolute Gasteiger partial charge is 0.491 e. The van der Waals surface area contributed by atoms with Gasteiger partial charge in [-0.3, -0.25) is 0 Å². The fourth-order valence-corrected chi connectivity index (χ4v) is 7.10. The molecule has 12 nitrogen and oxygen atoms in total. The molecule has 0 saturated carbocycles. The second kappa shape index (κ2) is 23.0. The summed E-state index contributed by atoms with van der Waals surface area (Å²) < 4.78 is 44.5. The maximum absolute atomic E-state index is 11.5. The Morgan fingerprint density at radius 3 is 1.31 bits per heavy atom. The van der Waals surface area contributed by atoms with Crippen LogP contribution < -0.4 is 9.47 Å². The summed E-state index contributed by atoms with van der Waals surface area (Å²) in [5.74, 6) is 0.427. The van der Waals surface area contributed by atoms with Gasteiger partial charge in [0.15, 0.2) is 0 Å². The van der Waals surface area contributed by atoms with Crippen molar-refractivity contribution in [2.75, 3.05) is 79.3 Å². The van der Waals surface area contributed by atoms with Crippen LogP contribution in [-0.4, -0.2) is 114 Å². The second-order valence-corrected chi connectivity index (χ2v) is 14.9. The second-order valence-electron chi connectivity index (χ2n) is 14.9. The van der Waals surface area contributed by atoms with Crippen molar-refractivity contribution in [3.05, 3.63) is 143 Å². The van der Waals surface area contributed by atoms with Crippen LogP contribution in [0.2, 0.25) is 0 Å². The molecule has 0 aliphatic heterocycles. The third-order valence-corrected chi connectivity index (χ3v) is 10.0. The maximum Gasteiger partial charge on any atom is 0.333 e. The summed E-state index contributed by atoms with van der Waals surface area (Å²) in [6, 6.07) is 29.9. The van der Waals surface area contributed by atoms with Gasteiger partial charge in [0.25, 0.3) is 0 Å². The number of aliphatic hydroxyl groups is 2. The van der Waals surface area contributed by atoms with E-state index in [1.807, 2.05) is 12.1 Å². The Morgan fingerprint density at radius 2 is 0.918 bits per heavy atom. The van der Waals surface area contributed by atoms with Crippen LogP contribution in [0, 0.1) is 13.8 Å². The zero-order chi connectivity index (χ0) is 43.8. The van der Waals surface area contributed by atoms with Gasteiger partial charge in [-0.05, 0) is 84.3 Å². The lowest BCUT2D eigenvalue weighted by Gasteiger charge is -2.34. The zero-order valence-electron chi connectivity index (χ0n) is 35.6. The van der Waals surface area contributed by atoms with Crippen molar-refractivity contribution in [2.45, 2.75) is 45.3 Å². The molecule has 1 aliphatic rings. The summed E-state index contributed by atoms with van der Waals surface area (Å²) in [5.41, 5.74) is 8.93. The van der Waals surface area contributed by atoms with Gasteiger partial charge >= 0.3 is 11.9 Å². The quantitative estimate of drug-likeness (QED) is 0.0358. The first-order valence-electron chi connectivity index (χ1n) is 20.4. The molecule has 0 bridgehead atoms. The Bertz CT molecular complexity index is 1960. The van der Waals surface area contributed by atoms with Crippen molar-refractivity contribution in [3.8, 4) is 22.6 Å². The Morgan fingerprint density at radius 1 is 0.541 bits per heavy atom. The van der Waals surface area contributed by atoms with Crippen LogP contribution in [0.5, 0.6) is 11.5 Å². The average molecular weight is 839 g/mol. The van der Waals surface area contributed by atoms with E-state index in [1.165, 1.54) is 22.3 Å². The summed E-state index contributed by atoms with van der Waals surface area (Å²) in [5, 5.41) is 19.9. The van der Waals surface area contributed by atoms with Crippen LogP contribution in [0.1, 0.15) is 47.2 Å². The highest BCUT2D eigenvalue weighted by Gasteiger charge is 2.46. The van der Waals surface area contributed by atoms with E-state index < -0.39 is 29.6 Å². The molecule has 0 radical (unpaired) electrons. The number of hydrogen-bond acceptors (Lipinski definition) is 12. The number of ether oxygens (including phenoxy) is 8. The third-order valence-electron chi connectivity index (χ3n) is 10.0. The minimum atomic E-state index is -0.931. The first-order chi connectivity index (χ1) is 29.4. The van der Waals surface area contributed by atoms with Crippen LogP contribution in [-0.2, 0) is 43.4 Å². The van der Waals surface area contributed by atoms with E-state index in [1.54, 1.807) is 13.8 Å². The predicted octanol–water partition coefficient (Wildman–Crippen LogP) is 6.45. The highest BCUT2D eigenvalue weighted by atomic mass is 16.6. The molecule has 5 rings (SSSR count). The summed E-state index contributed by atoms with van der Waals surface area (Å²) in [7, 11) is 0. The van der Waals surface area contributed by atoms with Crippen molar-refractivity contribution >= 4 is 11.9 Å². The summed E-state index contributed by atoms with van der Waals surface area (Å²) in [4.78, 5) is 23.0. The number of fused-ring (bicyclic) bond motifs is 3. The van der Waals surface area contributed by atoms with Gasteiger partial charge in [0.2, 0.25) is 0 Å². The molecule has 2 unspecified atom stereocenters. The Kier molecular flexibility index (Phi) is 17.6. The van der Waals surface area contributed by atoms with Crippen LogP contribution in [0.25, 0.3) is 11.1 Å². The Hall–Kier alpha value is -5.34. The first kappa shape index (κ1) is 46.7. The lowest BCUT2D eigenvalue weighted by molar-refractivity contribution is -0.143. The third kappa shape index (κ3) is 12.4. The van der Waals surface area contributed by atoms with Gasteiger partial charge in [0.05, 0.1) is 58.3 Å². The normalized spacial score (nSPS) is 13.4. The van der Waals surface area contributed by atoms with Gasteiger partial charge < -0.3 is 48.1 Å². The Balaban J connectivity index is 1.18. The predicted molar refractivity (Wildman–Crippen MR) is 231 cm³/mol. The topological polar surface area (TPSA) is 148 Å². The van der Waals surface area contributed by atoms with Crippen LogP contribution in [0.15, 0.2) is 109 Å². The number of aryl methyl sites for hydroxylation is 2. The number of aliphatic hydroxyl groups excluding tert-OH is 2. The van der Waals surface area contributed by atoms with Crippen molar-refractivity contribution in [1.82, 2.24) is 0 Å². The minimum absolute atomic E-state index is 0.0194. The number of carbonyl (C=O) groups excluding carboxylic acids is 2. The molecule has 0 aromatic heterocycles. The number of benzene rings is 4. The van der Waals surface area contributed by atoms with Crippen molar-refractivity contribution in [1.29, 1.82) is 0 Å². The van der Waals surface area contributed by atoms with E-state index in [4.69, 9.17) is 37.9 Å². The SMILES string of the molecule is C=C(C)C(=O)OCC(O)COCCOCCOc1ccc(C2(c3ccc(OCCOCCOCC(O)COC(=O)C(=C)C)c(C)c3)c3ccccc3-c3ccccc32)cc1C. The molecule has 0 amide bonds. The molecule has 4 aromatic rings. The monoisotopic (exact) mass is 838 g/mol. The van der Waals surface area contributed by atoms with E-state index in [0.717, 1.165) is 33.8 Å². The van der Waals surface area contributed by atoms with Crippen molar-refractivity contribution < 1.29 is 57.7 Å². The molecule has 0 fully saturated rings. The molecule has 0 spiro atoms. The molecule has 2 atom stereocenters. The smallest absolute Gasteiger partial charge is 0.333 e. The maximum atomic E-state index is 11.5. The lowest BCUT2D eigenvalue weighted by Crippen LogP contribution is -2.29. The molecule has 0 saturated heterocycles. The van der Waals surface area contributed by atoms with Crippen LogP contribution >= 0.6 is 0 Å². The molecular formula is C49H58O12. The van der Waals surface area contributed by atoms with Gasteiger partial charge in [-0.2, -0.15) is 0 Å². The molecule has 2 N–H and O–H groups in total. The van der Waals surface area contributed by atoms with Crippen LogP contribution in [0.4, 0.5) is 0 Å². The van der Waals surface area contributed by atoms with E-state index in [9.17, 15) is 19.8 Å². The van der Waals surface area contributed by atoms with Gasteiger partial charge in [-0.1, -0.05) is 86.0 Å². The summed E-state index contributed by atoms with van der Waals surface area (Å²) >= 11 is 0. The van der Waals surface area contributed by atoms with Gasteiger partial charge in [0.1, 0.15) is 50.1 Å². The number of esters is 2. The number of carbonyl (C=O) groups is 2. The summed E-state index contributed by atoms with van der Waals surface area (Å²) in [6.07, 6.45) is -1.86. The zero-order valence-corrected chi connectivity index (χ0v) is 35.6. The lowest BCUT2D eigenvalue weighted by atomic mass is 9.67. The van der Waals surface area contributed by atoms with Crippen LogP contribution in [0.3, 0.4) is 0 Å². The molecule has 61 heavy (non-hydrogen) atoms. The minimum Gasteiger partial charge on any atom is -0.491 e. The highest BCUT2D eigenvalue weighted by Crippen LogP contribution is 2.56. The van der Waals surface area contributed by atoms with E-state index in [2.05, 4.69) is 99.8 Å². The Labute approximate surface area is 358 Å². The first-order valence-corrected chi connectivity index (χ1v) is 20.4.